The van der Waals surface area contributed by atoms with E-state index < -0.39 is 0 Å². The van der Waals surface area contributed by atoms with Crippen LogP contribution in [-0.2, 0) is 20.7 Å². The Hall–Kier alpha value is -1.84. The Morgan fingerprint density at radius 1 is 1.29 bits per heavy atom. The molecular weight excluding hydrogens is 218 g/mol. The van der Waals surface area contributed by atoms with E-state index >= 15 is 0 Å². The normalized spacial score (nSPS) is 9.76. The maximum atomic E-state index is 11.6. The van der Waals surface area contributed by atoms with Gasteiger partial charge in [-0.1, -0.05) is 24.3 Å². The first kappa shape index (κ1) is 13.2. The number of methoxy groups -OCH3 is 1. The SMILES string of the molecule is COC(=O)CCNC(=O)Cc1ccccc1C. The third kappa shape index (κ3) is 4.68. The van der Waals surface area contributed by atoms with Crippen molar-refractivity contribution in [2.45, 2.75) is 19.8 Å². The molecule has 92 valence electrons. The summed E-state index contributed by atoms with van der Waals surface area (Å²) in [4.78, 5) is 22.4. The predicted octanol–water partition coefficient (Wildman–Crippen LogP) is 1.22. The molecule has 0 radical (unpaired) electrons. The Labute approximate surface area is 101 Å². The predicted molar refractivity (Wildman–Crippen MR) is 64.5 cm³/mol. The van der Waals surface area contributed by atoms with Gasteiger partial charge in [-0.3, -0.25) is 9.59 Å². The van der Waals surface area contributed by atoms with Crippen molar-refractivity contribution in [1.82, 2.24) is 5.32 Å². The first-order valence-corrected chi connectivity index (χ1v) is 5.51. The maximum Gasteiger partial charge on any atom is 0.307 e. The summed E-state index contributed by atoms with van der Waals surface area (Å²) in [5, 5.41) is 2.68. The highest BCUT2D eigenvalue weighted by Gasteiger charge is 2.06. The van der Waals surface area contributed by atoms with Crippen LogP contribution in [-0.4, -0.2) is 25.5 Å². The Bertz CT molecular complexity index is 401. The van der Waals surface area contributed by atoms with E-state index in [0.29, 0.717) is 13.0 Å². The standard InChI is InChI=1S/C13H17NO3/c1-10-5-3-4-6-11(10)9-12(15)14-8-7-13(16)17-2/h3-6H,7-9H2,1-2H3,(H,14,15). The molecular formula is C13H17NO3. The molecule has 4 nitrogen and oxygen atoms in total. The minimum absolute atomic E-state index is 0.0804. The molecule has 0 aliphatic carbocycles. The van der Waals surface area contributed by atoms with E-state index in [0.717, 1.165) is 11.1 Å². The van der Waals surface area contributed by atoms with Gasteiger partial charge in [0.15, 0.2) is 0 Å². The molecule has 1 aromatic rings. The largest absolute Gasteiger partial charge is 0.469 e. The summed E-state index contributed by atoms with van der Waals surface area (Å²) in [7, 11) is 1.33. The van der Waals surface area contributed by atoms with Crippen LogP contribution >= 0.6 is 0 Å². The van der Waals surface area contributed by atoms with Crippen LogP contribution in [0.25, 0.3) is 0 Å². The van der Waals surface area contributed by atoms with Crippen LogP contribution in [0.1, 0.15) is 17.5 Å². The number of esters is 1. The van der Waals surface area contributed by atoms with Gasteiger partial charge in [0.05, 0.1) is 20.0 Å². The molecule has 0 aromatic heterocycles. The number of benzene rings is 1. The first-order chi connectivity index (χ1) is 8.13. The molecule has 0 heterocycles. The van der Waals surface area contributed by atoms with Crippen molar-refractivity contribution in [2.24, 2.45) is 0 Å². The van der Waals surface area contributed by atoms with Gasteiger partial charge in [-0.2, -0.15) is 0 Å². The van der Waals surface area contributed by atoms with Gasteiger partial charge in [0.1, 0.15) is 0 Å². The lowest BCUT2D eigenvalue weighted by atomic mass is 10.1. The Morgan fingerprint density at radius 3 is 2.65 bits per heavy atom. The van der Waals surface area contributed by atoms with Crippen LogP contribution in [0.15, 0.2) is 24.3 Å². The quantitative estimate of drug-likeness (QED) is 0.781. The summed E-state index contributed by atoms with van der Waals surface area (Å²) in [5.74, 6) is -0.399. The lowest BCUT2D eigenvalue weighted by molar-refractivity contribution is -0.140. The van der Waals surface area contributed by atoms with Crippen LogP contribution < -0.4 is 5.32 Å². The van der Waals surface area contributed by atoms with Gasteiger partial charge in [0, 0.05) is 6.54 Å². The van der Waals surface area contributed by atoms with E-state index in [1.165, 1.54) is 7.11 Å². The van der Waals surface area contributed by atoms with Crippen molar-refractivity contribution in [3.63, 3.8) is 0 Å². The third-order valence-corrected chi connectivity index (χ3v) is 2.49. The summed E-state index contributed by atoms with van der Waals surface area (Å²) >= 11 is 0. The number of rotatable bonds is 5. The van der Waals surface area contributed by atoms with Gasteiger partial charge in [-0.25, -0.2) is 0 Å². The molecule has 0 aliphatic heterocycles. The highest BCUT2D eigenvalue weighted by atomic mass is 16.5. The van der Waals surface area contributed by atoms with Crippen LogP contribution in [0, 0.1) is 6.92 Å². The lowest BCUT2D eigenvalue weighted by Gasteiger charge is -2.06. The fraction of sp³-hybridized carbons (Fsp3) is 0.385. The minimum Gasteiger partial charge on any atom is -0.469 e. The van der Waals surface area contributed by atoms with Crippen molar-refractivity contribution in [3.05, 3.63) is 35.4 Å². The van der Waals surface area contributed by atoms with Crippen LogP contribution in [0.5, 0.6) is 0 Å². The van der Waals surface area contributed by atoms with Crippen molar-refractivity contribution < 1.29 is 14.3 Å². The average Bonchev–Trinajstić information content (AvgIpc) is 2.32. The molecule has 1 N–H and O–H groups in total. The molecule has 0 saturated carbocycles. The topological polar surface area (TPSA) is 55.4 Å². The second-order valence-electron chi connectivity index (χ2n) is 3.78. The van der Waals surface area contributed by atoms with Crippen LogP contribution in [0.3, 0.4) is 0 Å². The van der Waals surface area contributed by atoms with Crippen molar-refractivity contribution in [3.8, 4) is 0 Å². The number of aryl methyl sites for hydroxylation is 1. The highest BCUT2D eigenvalue weighted by molar-refractivity contribution is 5.79. The molecule has 4 heteroatoms. The van der Waals surface area contributed by atoms with E-state index in [4.69, 9.17) is 0 Å². The number of carbonyl (C=O) groups excluding carboxylic acids is 2. The number of hydrogen-bond acceptors (Lipinski definition) is 3. The molecule has 0 aliphatic rings. The molecule has 0 bridgehead atoms. The summed E-state index contributed by atoms with van der Waals surface area (Å²) in [5.41, 5.74) is 2.10. The summed E-state index contributed by atoms with van der Waals surface area (Å²) in [6, 6.07) is 7.74. The van der Waals surface area contributed by atoms with E-state index in [1.54, 1.807) is 0 Å². The number of nitrogens with one attached hydrogen (secondary N) is 1. The minimum atomic E-state index is -0.318. The van der Waals surface area contributed by atoms with Gasteiger partial charge in [0.25, 0.3) is 0 Å². The monoisotopic (exact) mass is 235 g/mol. The van der Waals surface area contributed by atoms with Crippen molar-refractivity contribution in [1.29, 1.82) is 0 Å². The summed E-state index contributed by atoms with van der Waals surface area (Å²) in [6.07, 6.45) is 0.545. The lowest BCUT2D eigenvalue weighted by Crippen LogP contribution is -2.27. The van der Waals surface area contributed by atoms with Gasteiger partial charge < -0.3 is 10.1 Å². The molecule has 0 fully saturated rings. The number of carbonyl (C=O) groups is 2. The van der Waals surface area contributed by atoms with E-state index in [2.05, 4.69) is 10.1 Å². The molecule has 1 rings (SSSR count). The second kappa shape index (κ2) is 6.68. The zero-order valence-electron chi connectivity index (χ0n) is 10.2. The zero-order chi connectivity index (χ0) is 12.7. The van der Waals surface area contributed by atoms with Crippen LogP contribution in [0.2, 0.25) is 0 Å². The summed E-state index contributed by atoms with van der Waals surface area (Å²) < 4.78 is 4.48. The molecule has 1 aromatic carbocycles. The van der Waals surface area contributed by atoms with Gasteiger partial charge in [0.2, 0.25) is 5.91 Å². The van der Waals surface area contributed by atoms with Crippen molar-refractivity contribution in [2.75, 3.05) is 13.7 Å². The highest BCUT2D eigenvalue weighted by Crippen LogP contribution is 2.07. The number of hydrogen-bond donors (Lipinski definition) is 1. The maximum absolute atomic E-state index is 11.6. The van der Waals surface area contributed by atoms with Gasteiger partial charge >= 0.3 is 5.97 Å². The fourth-order valence-electron chi connectivity index (χ4n) is 1.45. The van der Waals surface area contributed by atoms with E-state index in [9.17, 15) is 9.59 Å². The van der Waals surface area contributed by atoms with E-state index in [1.807, 2.05) is 31.2 Å². The average molecular weight is 235 g/mol. The molecule has 17 heavy (non-hydrogen) atoms. The number of amides is 1. The summed E-state index contributed by atoms with van der Waals surface area (Å²) in [6.45, 7) is 2.29. The van der Waals surface area contributed by atoms with E-state index in [-0.39, 0.29) is 18.3 Å². The Kier molecular flexibility index (Phi) is 5.20. The molecule has 0 saturated heterocycles. The molecule has 0 atom stereocenters. The number of ether oxygens (including phenoxy) is 1. The molecule has 0 unspecified atom stereocenters. The molecule has 0 spiro atoms. The Morgan fingerprint density at radius 2 is 2.00 bits per heavy atom. The molecule has 1 amide bonds. The first-order valence-electron chi connectivity index (χ1n) is 5.51. The van der Waals surface area contributed by atoms with Crippen LogP contribution in [0.4, 0.5) is 0 Å². The smallest absolute Gasteiger partial charge is 0.307 e. The zero-order valence-corrected chi connectivity index (χ0v) is 10.2. The van der Waals surface area contributed by atoms with Gasteiger partial charge in [-0.05, 0) is 18.1 Å². The van der Waals surface area contributed by atoms with Gasteiger partial charge in [-0.15, -0.1) is 0 Å². The van der Waals surface area contributed by atoms with Crippen molar-refractivity contribution >= 4 is 11.9 Å². The Balaban J connectivity index is 2.35. The second-order valence-corrected chi connectivity index (χ2v) is 3.78. The third-order valence-electron chi connectivity index (χ3n) is 2.49. The fourth-order valence-corrected chi connectivity index (χ4v) is 1.45.